The van der Waals surface area contributed by atoms with Crippen molar-refractivity contribution in [2.24, 2.45) is 0 Å². The Morgan fingerprint density at radius 3 is 2.66 bits per heavy atom. The van der Waals surface area contributed by atoms with E-state index in [0.29, 0.717) is 33.6 Å². The lowest BCUT2D eigenvalue weighted by Crippen LogP contribution is -2.22. The van der Waals surface area contributed by atoms with Crippen molar-refractivity contribution in [2.45, 2.75) is 0 Å². The van der Waals surface area contributed by atoms with Gasteiger partial charge in [0.2, 0.25) is 5.88 Å². The van der Waals surface area contributed by atoms with Crippen molar-refractivity contribution in [2.75, 3.05) is 7.11 Å². The zero-order valence-corrected chi connectivity index (χ0v) is 16.1. The Balaban J connectivity index is 1.95. The highest BCUT2D eigenvalue weighted by Gasteiger charge is 2.14. The van der Waals surface area contributed by atoms with Crippen molar-refractivity contribution in [3.8, 4) is 11.6 Å². The molecule has 29 heavy (non-hydrogen) atoms. The molecule has 0 aliphatic rings. The number of para-hydroxylation sites is 1. The van der Waals surface area contributed by atoms with Gasteiger partial charge in [-0.3, -0.25) is 9.36 Å². The van der Waals surface area contributed by atoms with Crippen molar-refractivity contribution >= 4 is 34.7 Å². The molecule has 0 amide bonds. The number of hydrogen-bond donors (Lipinski definition) is 0. The lowest BCUT2D eigenvalue weighted by molar-refractivity contribution is 0.397. The highest BCUT2D eigenvalue weighted by Crippen LogP contribution is 2.22. The number of hydrogen-bond acceptors (Lipinski definition) is 4. The van der Waals surface area contributed by atoms with E-state index in [0.717, 1.165) is 0 Å². The van der Waals surface area contributed by atoms with Gasteiger partial charge in [-0.2, -0.15) is 0 Å². The van der Waals surface area contributed by atoms with E-state index >= 15 is 0 Å². The van der Waals surface area contributed by atoms with E-state index in [1.165, 1.54) is 29.9 Å². The average molecular weight is 408 g/mol. The van der Waals surface area contributed by atoms with Gasteiger partial charge >= 0.3 is 0 Å². The summed E-state index contributed by atoms with van der Waals surface area (Å²) in [5.74, 6) is 0.301. The van der Waals surface area contributed by atoms with E-state index < -0.39 is 11.4 Å². The molecule has 0 aliphatic carbocycles. The third-order valence-corrected chi connectivity index (χ3v) is 4.63. The summed E-state index contributed by atoms with van der Waals surface area (Å²) in [6.45, 7) is 0. The molecule has 7 heteroatoms. The summed E-state index contributed by atoms with van der Waals surface area (Å²) in [6, 6.07) is 16.2. The molecule has 0 atom stereocenters. The number of aromatic nitrogens is 3. The van der Waals surface area contributed by atoms with Gasteiger partial charge in [0.05, 0.1) is 34.4 Å². The molecule has 0 saturated heterocycles. The number of rotatable bonds is 4. The van der Waals surface area contributed by atoms with E-state index in [-0.39, 0.29) is 5.39 Å². The van der Waals surface area contributed by atoms with E-state index in [4.69, 9.17) is 16.3 Å². The third-order valence-electron chi connectivity index (χ3n) is 4.31. The maximum atomic E-state index is 13.7. The first-order valence-corrected chi connectivity index (χ1v) is 9.11. The monoisotopic (exact) mass is 407 g/mol. The van der Waals surface area contributed by atoms with Gasteiger partial charge in [0.1, 0.15) is 11.6 Å². The van der Waals surface area contributed by atoms with Crippen LogP contribution in [0.2, 0.25) is 5.02 Å². The van der Waals surface area contributed by atoms with Crippen LogP contribution in [0.5, 0.6) is 5.88 Å². The Hall–Kier alpha value is -3.51. The first kappa shape index (κ1) is 18.8. The number of halogens is 2. The van der Waals surface area contributed by atoms with Gasteiger partial charge in [0, 0.05) is 6.07 Å². The van der Waals surface area contributed by atoms with Crippen molar-refractivity contribution in [3.05, 3.63) is 93.4 Å². The number of ether oxygens (including phenoxy) is 1. The second kappa shape index (κ2) is 7.85. The van der Waals surface area contributed by atoms with Crippen molar-refractivity contribution < 1.29 is 9.13 Å². The average Bonchev–Trinajstić information content (AvgIpc) is 2.74. The van der Waals surface area contributed by atoms with Crippen LogP contribution < -0.4 is 10.3 Å². The minimum absolute atomic E-state index is 0.168. The summed E-state index contributed by atoms with van der Waals surface area (Å²) in [7, 11) is 1.54. The first-order valence-electron chi connectivity index (χ1n) is 8.73. The molecule has 0 radical (unpaired) electrons. The van der Waals surface area contributed by atoms with E-state index in [1.54, 1.807) is 48.6 Å². The number of benzene rings is 2. The zero-order valence-electron chi connectivity index (χ0n) is 15.3. The molecule has 4 aromatic rings. The topological polar surface area (TPSA) is 57.0 Å². The van der Waals surface area contributed by atoms with Gasteiger partial charge in [0.15, 0.2) is 0 Å². The highest BCUT2D eigenvalue weighted by atomic mass is 35.5. The Morgan fingerprint density at radius 2 is 1.86 bits per heavy atom. The van der Waals surface area contributed by atoms with E-state index in [9.17, 15) is 9.18 Å². The summed E-state index contributed by atoms with van der Waals surface area (Å²) in [5.41, 5.74) is 1.05. The van der Waals surface area contributed by atoms with Crippen LogP contribution >= 0.6 is 11.6 Å². The fourth-order valence-corrected chi connectivity index (χ4v) is 3.17. The summed E-state index contributed by atoms with van der Waals surface area (Å²) in [6.07, 6.45) is 3.38. The van der Waals surface area contributed by atoms with Crippen LogP contribution in [0.4, 0.5) is 4.39 Å². The maximum Gasteiger partial charge on any atom is 0.266 e. The standard InChI is InChI=1S/C22H15ClFN3O2/c1-29-21-8-4-5-15(25-21)10-12-20-26-18-11-9-14(24)13-16(18)22(28)27(20)19-7-3-2-6-17(19)23/h2-13H,1H3/b12-10-. The highest BCUT2D eigenvalue weighted by molar-refractivity contribution is 6.32. The van der Waals surface area contributed by atoms with Crippen LogP contribution in [-0.2, 0) is 0 Å². The molecule has 0 fully saturated rings. The van der Waals surface area contributed by atoms with Crippen molar-refractivity contribution in [1.29, 1.82) is 0 Å². The quantitative estimate of drug-likeness (QED) is 0.489. The number of methoxy groups -OCH3 is 1. The smallest absolute Gasteiger partial charge is 0.266 e. The molecule has 0 saturated carbocycles. The molecule has 0 spiro atoms. The molecule has 0 aliphatic heterocycles. The third kappa shape index (κ3) is 3.75. The molecule has 5 nitrogen and oxygen atoms in total. The number of fused-ring (bicyclic) bond motifs is 1. The Labute approximate surface area is 170 Å². The molecule has 144 valence electrons. The molecule has 4 rings (SSSR count). The number of pyridine rings is 1. The zero-order chi connectivity index (χ0) is 20.4. The van der Waals surface area contributed by atoms with Crippen LogP contribution in [0.1, 0.15) is 11.5 Å². The van der Waals surface area contributed by atoms with Gasteiger partial charge in [0.25, 0.3) is 5.56 Å². The lowest BCUT2D eigenvalue weighted by atomic mass is 10.2. The Morgan fingerprint density at radius 1 is 1.03 bits per heavy atom. The second-order valence-electron chi connectivity index (χ2n) is 6.16. The fourth-order valence-electron chi connectivity index (χ4n) is 2.95. The predicted molar refractivity (Wildman–Crippen MR) is 112 cm³/mol. The fraction of sp³-hybridized carbons (Fsp3) is 0.0455. The first-order chi connectivity index (χ1) is 14.1. The van der Waals surface area contributed by atoms with Crippen LogP contribution in [0.25, 0.3) is 28.7 Å². The predicted octanol–water partition coefficient (Wildman–Crippen LogP) is 4.75. The molecule has 2 aromatic heterocycles. The lowest BCUT2D eigenvalue weighted by Gasteiger charge is -2.12. The van der Waals surface area contributed by atoms with Crippen molar-refractivity contribution in [3.63, 3.8) is 0 Å². The minimum Gasteiger partial charge on any atom is -0.481 e. The summed E-state index contributed by atoms with van der Waals surface area (Å²) in [5, 5.41) is 0.544. The van der Waals surface area contributed by atoms with E-state index in [2.05, 4.69) is 9.97 Å². The SMILES string of the molecule is COc1cccc(/C=C\c2nc3ccc(F)cc3c(=O)n2-c2ccccc2Cl)n1. The minimum atomic E-state index is -0.508. The molecule has 0 N–H and O–H groups in total. The van der Waals surface area contributed by atoms with Gasteiger partial charge in [-0.25, -0.2) is 14.4 Å². The largest absolute Gasteiger partial charge is 0.481 e. The number of nitrogens with zero attached hydrogens (tertiary/aromatic N) is 3. The van der Waals surface area contributed by atoms with Crippen LogP contribution in [0.3, 0.4) is 0 Å². The molecule has 2 aromatic carbocycles. The second-order valence-corrected chi connectivity index (χ2v) is 6.57. The van der Waals surface area contributed by atoms with Gasteiger partial charge in [-0.1, -0.05) is 29.8 Å². The van der Waals surface area contributed by atoms with Gasteiger partial charge < -0.3 is 4.74 Å². The summed E-state index contributed by atoms with van der Waals surface area (Å²) < 4.78 is 20.2. The van der Waals surface area contributed by atoms with Gasteiger partial charge in [-0.05, 0) is 48.6 Å². The Bertz CT molecular complexity index is 1300. The molecular formula is C22H15ClFN3O2. The van der Waals surface area contributed by atoms with Crippen LogP contribution in [-0.4, -0.2) is 21.6 Å². The van der Waals surface area contributed by atoms with E-state index in [1.807, 2.05) is 6.07 Å². The normalized spacial score (nSPS) is 11.3. The van der Waals surface area contributed by atoms with Crippen LogP contribution in [0.15, 0.2) is 65.5 Å². The molecule has 0 unspecified atom stereocenters. The molecule has 0 bridgehead atoms. The summed E-state index contributed by atoms with van der Waals surface area (Å²) in [4.78, 5) is 22.1. The van der Waals surface area contributed by atoms with Crippen LogP contribution in [0, 0.1) is 5.82 Å². The maximum absolute atomic E-state index is 13.7. The van der Waals surface area contributed by atoms with Gasteiger partial charge in [-0.15, -0.1) is 0 Å². The Kier molecular flexibility index (Phi) is 5.10. The summed E-state index contributed by atoms with van der Waals surface area (Å²) >= 11 is 6.33. The van der Waals surface area contributed by atoms with Crippen molar-refractivity contribution in [1.82, 2.24) is 14.5 Å². The molecule has 2 heterocycles. The molecular weight excluding hydrogens is 393 g/mol.